The highest BCUT2D eigenvalue weighted by molar-refractivity contribution is 5.97. The van der Waals surface area contributed by atoms with E-state index >= 15 is 0 Å². The number of nitrogens with zero attached hydrogens (tertiary/aromatic N) is 2. The van der Waals surface area contributed by atoms with Gasteiger partial charge in [0.05, 0.1) is 12.3 Å². The van der Waals surface area contributed by atoms with Crippen molar-refractivity contribution in [2.45, 2.75) is 66.2 Å². The molecule has 2 aromatic rings. The molecule has 0 saturated heterocycles. The van der Waals surface area contributed by atoms with Crippen molar-refractivity contribution in [3.05, 3.63) is 65.0 Å². The first-order valence-electron chi connectivity index (χ1n) is 11.6. The van der Waals surface area contributed by atoms with Crippen LogP contribution in [0.25, 0.3) is 0 Å². The minimum atomic E-state index is 0.597. The molecule has 0 spiro atoms. The van der Waals surface area contributed by atoms with Crippen molar-refractivity contribution >= 4 is 5.71 Å². The van der Waals surface area contributed by atoms with Crippen molar-refractivity contribution in [3.63, 3.8) is 0 Å². The van der Waals surface area contributed by atoms with Crippen LogP contribution in [0.4, 0.5) is 0 Å². The molecule has 1 aromatic carbocycles. The average molecular weight is 439 g/mol. The molecule has 0 fully saturated rings. The van der Waals surface area contributed by atoms with Crippen LogP contribution >= 0.6 is 0 Å². The van der Waals surface area contributed by atoms with Crippen LogP contribution in [-0.4, -0.2) is 31.0 Å². The molecule has 5 heteroatoms. The molecule has 0 N–H and O–H groups in total. The van der Waals surface area contributed by atoms with Gasteiger partial charge in [0.15, 0.2) is 0 Å². The summed E-state index contributed by atoms with van der Waals surface area (Å²) in [7, 11) is 1.56. The summed E-state index contributed by atoms with van der Waals surface area (Å²) >= 11 is 0. The molecule has 1 aromatic heterocycles. The summed E-state index contributed by atoms with van der Waals surface area (Å²) < 4.78 is 11.8. The zero-order valence-electron chi connectivity index (χ0n) is 20.3. The Hall–Kier alpha value is -2.82. The number of hydrogen-bond donors (Lipinski definition) is 0. The quantitative estimate of drug-likeness (QED) is 0.144. The number of unbranched alkanes of at least 4 members (excludes halogenated alkanes) is 4. The Labute approximate surface area is 193 Å². The molecule has 174 valence electrons. The second-order valence-corrected chi connectivity index (χ2v) is 8.03. The predicted octanol–water partition coefficient (Wildman–Crippen LogP) is 6.60. The van der Waals surface area contributed by atoms with E-state index in [4.69, 9.17) is 14.3 Å². The van der Waals surface area contributed by atoms with Crippen molar-refractivity contribution in [1.29, 1.82) is 0 Å². The van der Waals surface area contributed by atoms with Crippen LogP contribution in [0.15, 0.2) is 47.8 Å². The molecule has 1 heterocycles. The number of rotatable bonds is 14. The second kappa shape index (κ2) is 14.3. The maximum atomic E-state index is 6.07. The normalized spacial score (nSPS) is 11.7. The predicted molar refractivity (Wildman–Crippen MR) is 132 cm³/mol. The van der Waals surface area contributed by atoms with Gasteiger partial charge in [0.25, 0.3) is 0 Å². The molecule has 5 nitrogen and oxygen atoms in total. The fourth-order valence-electron chi connectivity index (χ4n) is 3.55. The smallest absolute Gasteiger partial charge is 0.125 e. The van der Waals surface area contributed by atoms with Crippen molar-refractivity contribution in [2.75, 3.05) is 20.3 Å². The van der Waals surface area contributed by atoms with Gasteiger partial charge in [-0.15, -0.1) is 0 Å². The fourth-order valence-corrected chi connectivity index (χ4v) is 3.55. The van der Waals surface area contributed by atoms with E-state index in [9.17, 15) is 0 Å². The third kappa shape index (κ3) is 8.74. The molecule has 0 aliphatic rings. The number of benzene rings is 1. The SMILES string of the molecule is C/C=C/COc1cc(C)c(OCCCCCCCc2ccc(C(C)=NOC)cn2)c(C)c1. The fraction of sp³-hybridized carbons (Fsp3) is 0.481. The largest absolute Gasteiger partial charge is 0.493 e. The molecule has 0 aliphatic heterocycles. The summed E-state index contributed by atoms with van der Waals surface area (Å²) in [5.74, 6) is 1.89. The zero-order chi connectivity index (χ0) is 23.2. The summed E-state index contributed by atoms with van der Waals surface area (Å²) in [5, 5.41) is 3.94. The first-order chi connectivity index (χ1) is 15.5. The Balaban J connectivity index is 1.62. The van der Waals surface area contributed by atoms with E-state index in [1.807, 2.05) is 32.2 Å². The van der Waals surface area contributed by atoms with Gasteiger partial charge in [-0.1, -0.05) is 36.6 Å². The van der Waals surface area contributed by atoms with Crippen LogP contribution in [0.5, 0.6) is 11.5 Å². The highest BCUT2D eigenvalue weighted by Crippen LogP contribution is 2.28. The molecule has 2 rings (SSSR count). The standard InChI is InChI=1S/C27H38N2O3/c1-6-7-16-31-26-18-21(2)27(22(3)19-26)32-17-12-10-8-9-11-13-25-15-14-24(20-28-25)23(4)29-30-5/h6-7,14-15,18-20H,8-13,16-17H2,1-5H3/b7-6+,29-23?. The molecule has 0 saturated carbocycles. The van der Waals surface area contributed by atoms with Crippen molar-refractivity contribution in [2.24, 2.45) is 5.16 Å². The minimum Gasteiger partial charge on any atom is -0.493 e. The van der Waals surface area contributed by atoms with Crippen molar-refractivity contribution < 1.29 is 14.3 Å². The lowest BCUT2D eigenvalue weighted by Crippen LogP contribution is -2.02. The zero-order valence-corrected chi connectivity index (χ0v) is 20.3. The van der Waals surface area contributed by atoms with E-state index in [2.05, 4.69) is 48.3 Å². The topological polar surface area (TPSA) is 52.9 Å². The minimum absolute atomic E-state index is 0.597. The molecule has 0 bridgehead atoms. The van der Waals surface area contributed by atoms with E-state index in [1.165, 1.54) is 19.3 Å². The summed E-state index contributed by atoms with van der Waals surface area (Å²) in [6.07, 6.45) is 12.7. The number of aryl methyl sites for hydroxylation is 3. The number of hydrogen-bond acceptors (Lipinski definition) is 5. The van der Waals surface area contributed by atoms with E-state index < -0.39 is 0 Å². The van der Waals surface area contributed by atoms with Gasteiger partial charge >= 0.3 is 0 Å². The third-order valence-corrected chi connectivity index (χ3v) is 5.31. The highest BCUT2D eigenvalue weighted by atomic mass is 16.6. The summed E-state index contributed by atoms with van der Waals surface area (Å²) in [5.41, 5.74) is 5.22. The number of aromatic nitrogens is 1. The van der Waals surface area contributed by atoms with Crippen LogP contribution in [0.3, 0.4) is 0 Å². The van der Waals surface area contributed by atoms with E-state index in [0.717, 1.165) is 65.5 Å². The number of allylic oxidation sites excluding steroid dienone is 1. The monoisotopic (exact) mass is 438 g/mol. The summed E-state index contributed by atoms with van der Waals surface area (Å²) in [4.78, 5) is 9.35. The van der Waals surface area contributed by atoms with Crippen LogP contribution in [0.2, 0.25) is 0 Å². The van der Waals surface area contributed by atoms with Gasteiger partial charge in [-0.05, 0) is 82.3 Å². The van der Waals surface area contributed by atoms with Crippen LogP contribution in [0.1, 0.15) is 68.3 Å². The molecule has 0 aliphatic carbocycles. The Morgan fingerprint density at radius 3 is 2.38 bits per heavy atom. The average Bonchev–Trinajstić information content (AvgIpc) is 2.78. The second-order valence-electron chi connectivity index (χ2n) is 8.03. The van der Waals surface area contributed by atoms with Crippen molar-refractivity contribution in [3.8, 4) is 11.5 Å². The van der Waals surface area contributed by atoms with E-state index in [-0.39, 0.29) is 0 Å². The van der Waals surface area contributed by atoms with E-state index in [1.54, 1.807) is 7.11 Å². The molecular weight excluding hydrogens is 400 g/mol. The molecule has 0 radical (unpaired) electrons. The Morgan fingerprint density at radius 1 is 1.00 bits per heavy atom. The molecule has 0 unspecified atom stereocenters. The molecule has 0 amide bonds. The number of pyridine rings is 1. The van der Waals surface area contributed by atoms with Crippen LogP contribution in [-0.2, 0) is 11.3 Å². The van der Waals surface area contributed by atoms with Gasteiger partial charge in [-0.2, -0.15) is 0 Å². The lowest BCUT2D eigenvalue weighted by molar-refractivity contribution is 0.213. The maximum absolute atomic E-state index is 6.07. The Kier molecular flexibility index (Phi) is 11.4. The number of oxime groups is 1. The Morgan fingerprint density at radius 2 is 1.72 bits per heavy atom. The van der Waals surface area contributed by atoms with E-state index in [0.29, 0.717) is 6.61 Å². The third-order valence-electron chi connectivity index (χ3n) is 5.31. The number of ether oxygens (including phenoxy) is 2. The summed E-state index contributed by atoms with van der Waals surface area (Å²) in [6, 6.07) is 8.25. The summed E-state index contributed by atoms with van der Waals surface area (Å²) in [6.45, 7) is 9.43. The van der Waals surface area contributed by atoms with Gasteiger partial charge in [-0.25, -0.2) is 0 Å². The van der Waals surface area contributed by atoms with Gasteiger partial charge in [0.2, 0.25) is 0 Å². The van der Waals surface area contributed by atoms with Gasteiger partial charge in [0.1, 0.15) is 25.2 Å². The first kappa shape index (κ1) is 25.4. The maximum Gasteiger partial charge on any atom is 0.125 e. The van der Waals surface area contributed by atoms with Gasteiger partial charge in [-0.3, -0.25) is 4.98 Å². The van der Waals surface area contributed by atoms with Crippen molar-refractivity contribution in [1.82, 2.24) is 4.98 Å². The van der Waals surface area contributed by atoms with Crippen LogP contribution in [0, 0.1) is 13.8 Å². The highest BCUT2D eigenvalue weighted by Gasteiger charge is 2.07. The lowest BCUT2D eigenvalue weighted by Gasteiger charge is -2.14. The first-order valence-corrected chi connectivity index (χ1v) is 11.6. The molecule has 32 heavy (non-hydrogen) atoms. The molecular formula is C27H38N2O3. The van der Waals surface area contributed by atoms with Gasteiger partial charge in [0, 0.05) is 17.5 Å². The van der Waals surface area contributed by atoms with Crippen LogP contribution < -0.4 is 9.47 Å². The lowest BCUT2D eigenvalue weighted by atomic mass is 10.1. The molecule has 0 atom stereocenters. The van der Waals surface area contributed by atoms with Gasteiger partial charge < -0.3 is 14.3 Å². The Bertz CT molecular complexity index is 850.